The Morgan fingerprint density at radius 1 is 1.23 bits per heavy atom. The van der Waals surface area contributed by atoms with Crippen LogP contribution in [0.25, 0.3) is 11.1 Å². The van der Waals surface area contributed by atoms with Crippen molar-refractivity contribution in [2.75, 3.05) is 19.8 Å². The summed E-state index contributed by atoms with van der Waals surface area (Å²) in [6.07, 6.45) is -4.13. The molecule has 1 aliphatic heterocycles. The van der Waals surface area contributed by atoms with Gasteiger partial charge in [0.25, 0.3) is 17.4 Å². The Labute approximate surface area is 166 Å². The number of alkyl halides is 5. The van der Waals surface area contributed by atoms with Crippen LogP contribution in [-0.4, -0.2) is 36.6 Å². The normalized spacial score (nSPS) is 16.1. The number of rotatable bonds is 5. The maximum atomic E-state index is 13.3. The third kappa shape index (κ3) is 4.85. The lowest BCUT2D eigenvalue weighted by Gasteiger charge is -2.21. The first-order valence-electron chi connectivity index (χ1n) is 8.50. The van der Waals surface area contributed by atoms with Gasteiger partial charge in [0.15, 0.2) is 0 Å². The van der Waals surface area contributed by atoms with E-state index in [0.29, 0.717) is 0 Å². The van der Waals surface area contributed by atoms with Crippen LogP contribution in [0.4, 0.5) is 22.0 Å². The minimum absolute atomic E-state index is 0.0180. The number of amides is 1. The summed E-state index contributed by atoms with van der Waals surface area (Å²) in [6, 6.07) is 5.96. The number of carbonyl (C=O) groups excluding carboxylic acids is 1. The molecule has 0 aliphatic carbocycles. The van der Waals surface area contributed by atoms with Crippen LogP contribution in [0.15, 0.2) is 46.8 Å². The number of hydrogen-bond donors (Lipinski definition) is 2. The van der Waals surface area contributed by atoms with Crippen molar-refractivity contribution in [2.45, 2.75) is 12.1 Å². The Kier molecular flexibility index (Phi) is 5.66. The fraction of sp³-hybridized carbons (Fsp3) is 0.263. The fourth-order valence-electron chi connectivity index (χ4n) is 2.85. The molecular weight excluding hydrogens is 415 g/mol. The van der Waals surface area contributed by atoms with Gasteiger partial charge in [-0.2, -0.15) is 22.0 Å². The number of halogens is 5. The predicted molar refractivity (Wildman–Crippen MR) is 95.4 cm³/mol. The standard InChI is InChI=1S/C19H15F5N2O4/c20-18(21)6-10(7-29-9-18)8-30-12-3-1-11(2-4-12)13-5-14(16(25)27)17(28)26-15(13)19(22,23)24/h1-6H,7-9H2,(H2,25,27)(H,26,28). The van der Waals surface area contributed by atoms with Crippen molar-refractivity contribution in [3.8, 4) is 16.9 Å². The van der Waals surface area contributed by atoms with Crippen molar-refractivity contribution >= 4 is 5.91 Å². The van der Waals surface area contributed by atoms with Gasteiger partial charge in [0.2, 0.25) is 0 Å². The summed E-state index contributed by atoms with van der Waals surface area (Å²) in [5.41, 5.74) is 1.63. The molecule has 1 aliphatic rings. The Balaban J connectivity index is 1.87. The highest BCUT2D eigenvalue weighted by Gasteiger charge is 2.36. The van der Waals surface area contributed by atoms with Gasteiger partial charge in [-0.25, -0.2) is 0 Å². The highest BCUT2D eigenvalue weighted by atomic mass is 19.4. The lowest BCUT2D eigenvalue weighted by Crippen LogP contribution is -2.28. The lowest BCUT2D eigenvalue weighted by molar-refractivity contribution is -0.140. The number of hydrogen-bond acceptors (Lipinski definition) is 4. The second-order valence-electron chi connectivity index (χ2n) is 6.53. The number of pyridine rings is 1. The monoisotopic (exact) mass is 430 g/mol. The Hall–Kier alpha value is -3.21. The Bertz CT molecular complexity index is 1040. The molecule has 2 heterocycles. The van der Waals surface area contributed by atoms with Crippen LogP contribution in [0, 0.1) is 0 Å². The first-order valence-corrected chi connectivity index (χ1v) is 8.50. The number of primary amides is 1. The van der Waals surface area contributed by atoms with Gasteiger partial charge in [0.05, 0.1) is 6.61 Å². The first kappa shape index (κ1) is 21.5. The van der Waals surface area contributed by atoms with Gasteiger partial charge in [0, 0.05) is 5.56 Å². The molecule has 6 nitrogen and oxygen atoms in total. The molecule has 160 valence electrons. The second kappa shape index (κ2) is 7.90. The van der Waals surface area contributed by atoms with E-state index in [1.165, 1.54) is 24.3 Å². The molecule has 30 heavy (non-hydrogen) atoms. The average Bonchev–Trinajstić information content (AvgIpc) is 2.65. The van der Waals surface area contributed by atoms with E-state index in [4.69, 9.17) is 15.2 Å². The van der Waals surface area contributed by atoms with Crippen LogP contribution in [-0.2, 0) is 10.9 Å². The molecule has 0 saturated heterocycles. The number of nitrogens with one attached hydrogen (secondary N) is 1. The molecule has 0 radical (unpaired) electrons. The highest BCUT2D eigenvalue weighted by molar-refractivity contribution is 5.94. The Morgan fingerprint density at radius 3 is 2.47 bits per heavy atom. The van der Waals surface area contributed by atoms with Gasteiger partial charge in [-0.15, -0.1) is 0 Å². The van der Waals surface area contributed by atoms with Crippen molar-refractivity contribution in [3.63, 3.8) is 0 Å². The zero-order chi connectivity index (χ0) is 22.1. The third-order valence-electron chi connectivity index (χ3n) is 4.18. The summed E-state index contributed by atoms with van der Waals surface area (Å²) in [6.45, 7) is -0.914. The number of carbonyl (C=O) groups is 1. The molecular formula is C19H15F5N2O4. The smallest absolute Gasteiger partial charge is 0.431 e. The van der Waals surface area contributed by atoms with Crippen molar-refractivity contribution < 1.29 is 36.2 Å². The summed E-state index contributed by atoms with van der Waals surface area (Å²) in [5.74, 6) is -4.05. The van der Waals surface area contributed by atoms with Gasteiger partial charge in [-0.1, -0.05) is 12.1 Å². The lowest BCUT2D eigenvalue weighted by atomic mass is 10.0. The van der Waals surface area contributed by atoms with Crippen LogP contribution in [0.3, 0.4) is 0 Å². The van der Waals surface area contributed by atoms with E-state index in [-0.39, 0.29) is 30.1 Å². The third-order valence-corrected chi connectivity index (χ3v) is 4.18. The van der Waals surface area contributed by atoms with Gasteiger partial charge in [0.1, 0.15) is 30.2 Å². The van der Waals surface area contributed by atoms with Crippen LogP contribution in [0.2, 0.25) is 0 Å². The molecule has 2 aromatic rings. The zero-order valence-corrected chi connectivity index (χ0v) is 15.2. The van der Waals surface area contributed by atoms with Crippen LogP contribution >= 0.6 is 0 Å². The van der Waals surface area contributed by atoms with Crippen molar-refractivity contribution in [2.24, 2.45) is 5.73 Å². The molecule has 0 atom stereocenters. The molecule has 1 aromatic heterocycles. The van der Waals surface area contributed by atoms with Crippen molar-refractivity contribution in [1.82, 2.24) is 4.98 Å². The van der Waals surface area contributed by atoms with E-state index in [0.717, 1.165) is 12.1 Å². The number of nitrogens with two attached hydrogens (primary N) is 1. The summed E-state index contributed by atoms with van der Waals surface area (Å²) >= 11 is 0. The molecule has 3 N–H and O–H groups in total. The quantitative estimate of drug-likeness (QED) is 0.563. The van der Waals surface area contributed by atoms with E-state index in [1.54, 1.807) is 4.98 Å². The summed E-state index contributed by atoms with van der Waals surface area (Å²) in [4.78, 5) is 24.7. The molecule has 1 amide bonds. The minimum atomic E-state index is -4.89. The molecule has 0 fully saturated rings. The molecule has 11 heteroatoms. The topological polar surface area (TPSA) is 94.4 Å². The van der Waals surface area contributed by atoms with Crippen LogP contribution < -0.4 is 16.0 Å². The number of ether oxygens (including phenoxy) is 2. The molecule has 0 saturated carbocycles. The summed E-state index contributed by atoms with van der Waals surface area (Å²) in [7, 11) is 0. The largest absolute Gasteiger partial charge is 0.489 e. The molecule has 1 aromatic carbocycles. The van der Waals surface area contributed by atoms with Crippen molar-refractivity contribution in [1.29, 1.82) is 0 Å². The van der Waals surface area contributed by atoms with E-state index in [2.05, 4.69) is 0 Å². The summed E-state index contributed by atoms with van der Waals surface area (Å²) in [5, 5.41) is 0. The zero-order valence-electron chi connectivity index (χ0n) is 15.2. The average molecular weight is 430 g/mol. The van der Waals surface area contributed by atoms with E-state index in [9.17, 15) is 31.5 Å². The predicted octanol–water partition coefficient (Wildman–Crippen LogP) is 3.13. The SMILES string of the molecule is NC(=O)c1cc(-c2ccc(OCC3=CC(F)(F)COC3)cc2)c(C(F)(F)F)[nH]c1=O. The highest BCUT2D eigenvalue weighted by Crippen LogP contribution is 2.36. The minimum Gasteiger partial charge on any atom is -0.489 e. The number of aromatic amines is 1. The Morgan fingerprint density at radius 2 is 1.90 bits per heavy atom. The molecule has 0 bridgehead atoms. The number of aromatic nitrogens is 1. The van der Waals surface area contributed by atoms with Gasteiger partial charge in [-0.05, 0) is 35.4 Å². The molecule has 3 rings (SSSR count). The summed E-state index contributed by atoms with van der Waals surface area (Å²) < 4.78 is 76.7. The van der Waals surface area contributed by atoms with E-state index < -0.39 is 47.0 Å². The van der Waals surface area contributed by atoms with Crippen LogP contribution in [0.5, 0.6) is 5.75 Å². The van der Waals surface area contributed by atoms with Gasteiger partial charge in [-0.3, -0.25) is 9.59 Å². The van der Waals surface area contributed by atoms with Crippen molar-refractivity contribution in [3.05, 3.63) is 63.6 Å². The first-order chi connectivity index (χ1) is 14.0. The molecule has 0 spiro atoms. The fourth-order valence-corrected chi connectivity index (χ4v) is 2.85. The number of benzene rings is 1. The maximum absolute atomic E-state index is 13.3. The number of H-pyrrole nitrogens is 1. The second-order valence-corrected chi connectivity index (χ2v) is 6.53. The molecule has 0 unspecified atom stereocenters. The maximum Gasteiger partial charge on any atom is 0.431 e. The van der Waals surface area contributed by atoms with E-state index in [1.807, 2.05) is 0 Å². The van der Waals surface area contributed by atoms with Gasteiger partial charge < -0.3 is 20.2 Å². The van der Waals surface area contributed by atoms with Crippen LogP contribution in [0.1, 0.15) is 16.1 Å². The van der Waals surface area contributed by atoms with E-state index >= 15 is 0 Å². The van der Waals surface area contributed by atoms with Gasteiger partial charge >= 0.3 is 6.18 Å².